The number of aromatic nitrogens is 3. The van der Waals surface area contributed by atoms with E-state index in [0.717, 1.165) is 6.33 Å². The molecule has 0 unspecified atom stereocenters. The van der Waals surface area contributed by atoms with Crippen molar-refractivity contribution in [1.29, 1.82) is 0 Å². The number of nitrogens with zero attached hydrogens (tertiary/aromatic N) is 3. The second-order valence-electron chi connectivity index (χ2n) is 1.67. The Morgan fingerprint density at radius 1 is 1.33 bits per heavy atom. The van der Waals surface area contributed by atoms with Crippen LogP contribution in [-0.2, 0) is 0 Å². The fourth-order valence-electron chi connectivity index (χ4n) is 0.446. The smallest absolute Gasteiger partial charge is 0.370 e. The van der Waals surface area contributed by atoms with Crippen LogP contribution in [0.2, 0.25) is 0 Å². The number of halogens is 3. The normalized spacial score (nSPS) is 11.2. The van der Waals surface area contributed by atoms with E-state index >= 15 is 0 Å². The predicted molar refractivity (Wildman–Crippen MR) is 30.9 cm³/mol. The van der Waals surface area contributed by atoms with Gasteiger partial charge in [0.1, 0.15) is 6.33 Å². The molecule has 2 N–H and O–H groups in total. The van der Waals surface area contributed by atoms with Gasteiger partial charge in [-0.15, -0.1) is 13.2 Å². The maximum Gasteiger partial charge on any atom is 0.575 e. The number of nitrogen functional groups attached to an aromatic ring is 1. The van der Waals surface area contributed by atoms with Crippen LogP contribution in [0.4, 0.5) is 19.1 Å². The van der Waals surface area contributed by atoms with E-state index in [2.05, 4.69) is 19.7 Å². The Hall–Kier alpha value is -1.60. The van der Waals surface area contributed by atoms with Gasteiger partial charge in [-0.05, 0) is 0 Å². The summed E-state index contributed by atoms with van der Waals surface area (Å²) in [6, 6.07) is -0.866. The van der Waals surface area contributed by atoms with Gasteiger partial charge < -0.3 is 10.5 Å². The van der Waals surface area contributed by atoms with Crippen molar-refractivity contribution in [2.45, 2.75) is 6.36 Å². The molecule has 0 spiro atoms. The highest BCUT2D eigenvalue weighted by molar-refractivity contribution is 5.14. The monoisotopic (exact) mass is 180 g/mol. The van der Waals surface area contributed by atoms with Crippen LogP contribution < -0.4 is 10.5 Å². The topological polar surface area (TPSA) is 73.9 Å². The molecule has 0 radical (unpaired) electrons. The molecule has 0 bridgehead atoms. The molecule has 66 valence electrons. The van der Waals surface area contributed by atoms with E-state index in [1.54, 1.807) is 0 Å². The zero-order valence-electron chi connectivity index (χ0n) is 5.54. The summed E-state index contributed by atoms with van der Waals surface area (Å²) in [4.78, 5) is 9.43. The van der Waals surface area contributed by atoms with Crippen molar-refractivity contribution in [1.82, 2.24) is 15.0 Å². The number of rotatable bonds is 1. The maximum absolute atomic E-state index is 11.5. The highest BCUT2D eigenvalue weighted by Crippen LogP contribution is 2.18. The van der Waals surface area contributed by atoms with E-state index in [4.69, 9.17) is 5.73 Å². The summed E-state index contributed by atoms with van der Waals surface area (Å²) in [6.07, 6.45) is -3.99. The molecule has 0 saturated heterocycles. The molecule has 8 heteroatoms. The Kier molecular flexibility index (Phi) is 1.98. The molecule has 0 aliphatic rings. The Morgan fingerprint density at radius 2 is 2.00 bits per heavy atom. The minimum Gasteiger partial charge on any atom is -0.370 e. The summed E-state index contributed by atoms with van der Waals surface area (Å²) in [7, 11) is 0. The minimum atomic E-state index is -4.81. The van der Waals surface area contributed by atoms with Crippen molar-refractivity contribution in [2.75, 3.05) is 5.73 Å². The fraction of sp³-hybridized carbons (Fsp3) is 0.250. The summed E-state index contributed by atoms with van der Waals surface area (Å²) in [6.45, 7) is 0. The van der Waals surface area contributed by atoms with E-state index < -0.39 is 12.4 Å². The lowest BCUT2D eigenvalue weighted by molar-refractivity contribution is -0.277. The highest BCUT2D eigenvalue weighted by Gasteiger charge is 2.32. The van der Waals surface area contributed by atoms with Crippen LogP contribution in [0.1, 0.15) is 0 Å². The van der Waals surface area contributed by atoms with Crippen molar-refractivity contribution in [2.24, 2.45) is 0 Å². The van der Waals surface area contributed by atoms with Gasteiger partial charge in [-0.1, -0.05) is 0 Å². The molecule has 0 fully saturated rings. The number of alkyl halides is 3. The van der Waals surface area contributed by atoms with Gasteiger partial charge in [0.25, 0.3) is 0 Å². The predicted octanol–water partition coefficient (Wildman–Crippen LogP) is 0.352. The Bertz CT molecular complexity index is 275. The molecule has 1 heterocycles. The largest absolute Gasteiger partial charge is 0.575 e. The first-order valence-electron chi connectivity index (χ1n) is 2.67. The zero-order chi connectivity index (χ0) is 9.19. The lowest BCUT2D eigenvalue weighted by atomic mass is 10.9. The third kappa shape index (κ3) is 2.56. The lowest BCUT2D eigenvalue weighted by Gasteiger charge is -2.05. The standard InChI is InChI=1S/C4H3F3N4O/c5-4(6,7)12-3-10-1-9-2(8)11-3/h1H,(H2,8,9,10,11). The van der Waals surface area contributed by atoms with E-state index in [9.17, 15) is 13.2 Å². The van der Waals surface area contributed by atoms with Gasteiger partial charge in [0.05, 0.1) is 0 Å². The molecule has 1 aromatic heterocycles. The Labute approximate surface area is 64.4 Å². The first kappa shape index (κ1) is 8.50. The van der Waals surface area contributed by atoms with E-state index in [-0.39, 0.29) is 5.95 Å². The molecule has 0 saturated carbocycles. The second kappa shape index (κ2) is 2.80. The third-order valence-corrected chi connectivity index (χ3v) is 0.775. The second-order valence-corrected chi connectivity index (χ2v) is 1.67. The Balaban J connectivity index is 2.77. The van der Waals surface area contributed by atoms with Crippen molar-refractivity contribution >= 4 is 5.95 Å². The van der Waals surface area contributed by atoms with Crippen molar-refractivity contribution in [3.63, 3.8) is 0 Å². The van der Waals surface area contributed by atoms with Crippen LogP contribution >= 0.6 is 0 Å². The van der Waals surface area contributed by atoms with Gasteiger partial charge in [0.15, 0.2) is 0 Å². The average molecular weight is 180 g/mol. The molecule has 5 nitrogen and oxygen atoms in total. The zero-order valence-corrected chi connectivity index (χ0v) is 5.54. The van der Waals surface area contributed by atoms with E-state index in [0.29, 0.717) is 0 Å². The molecule has 0 atom stereocenters. The molecule has 0 amide bonds. The number of hydrogen-bond acceptors (Lipinski definition) is 5. The van der Waals surface area contributed by atoms with Gasteiger partial charge in [-0.2, -0.15) is 9.97 Å². The van der Waals surface area contributed by atoms with Crippen LogP contribution in [0.5, 0.6) is 6.01 Å². The number of ether oxygens (including phenoxy) is 1. The number of nitrogens with two attached hydrogens (primary N) is 1. The molecule has 1 rings (SSSR count). The van der Waals surface area contributed by atoms with E-state index in [1.165, 1.54) is 0 Å². The first-order valence-corrected chi connectivity index (χ1v) is 2.67. The summed E-state index contributed by atoms with van der Waals surface area (Å²) in [5.74, 6) is -0.329. The van der Waals surface area contributed by atoms with Crippen LogP contribution in [0, 0.1) is 0 Å². The minimum absolute atomic E-state index is 0.329. The molecule has 0 aliphatic heterocycles. The molecule has 1 aromatic rings. The third-order valence-electron chi connectivity index (χ3n) is 0.775. The molecule has 0 aliphatic carbocycles. The van der Waals surface area contributed by atoms with Gasteiger partial charge in [-0.3, -0.25) is 0 Å². The van der Waals surface area contributed by atoms with Crippen LogP contribution in [0.15, 0.2) is 6.33 Å². The average Bonchev–Trinajstić information content (AvgIpc) is 1.82. The fourth-order valence-corrected chi connectivity index (χ4v) is 0.446. The molecular formula is C4H3F3N4O. The highest BCUT2D eigenvalue weighted by atomic mass is 19.4. The first-order chi connectivity index (χ1) is 5.47. The summed E-state index contributed by atoms with van der Waals surface area (Å²) < 4.78 is 37.9. The van der Waals surface area contributed by atoms with Gasteiger partial charge in [0, 0.05) is 0 Å². The quantitative estimate of drug-likeness (QED) is 0.674. The van der Waals surface area contributed by atoms with Crippen LogP contribution in [0.25, 0.3) is 0 Å². The van der Waals surface area contributed by atoms with Crippen molar-refractivity contribution < 1.29 is 17.9 Å². The molecule has 0 aromatic carbocycles. The number of anilines is 1. The number of hydrogen-bond donors (Lipinski definition) is 1. The SMILES string of the molecule is Nc1ncnc(OC(F)(F)F)n1. The summed E-state index contributed by atoms with van der Waals surface area (Å²) >= 11 is 0. The summed E-state index contributed by atoms with van der Waals surface area (Å²) in [5.41, 5.74) is 4.97. The maximum atomic E-state index is 11.5. The van der Waals surface area contributed by atoms with Gasteiger partial charge in [0.2, 0.25) is 5.95 Å². The van der Waals surface area contributed by atoms with Crippen LogP contribution in [0.3, 0.4) is 0 Å². The lowest BCUT2D eigenvalue weighted by Crippen LogP contribution is -2.19. The van der Waals surface area contributed by atoms with Crippen molar-refractivity contribution in [3.05, 3.63) is 6.33 Å². The van der Waals surface area contributed by atoms with Crippen LogP contribution in [-0.4, -0.2) is 21.3 Å². The Morgan fingerprint density at radius 3 is 2.50 bits per heavy atom. The van der Waals surface area contributed by atoms with E-state index in [1.807, 2.05) is 0 Å². The van der Waals surface area contributed by atoms with Gasteiger partial charge in [-0.25, -0.2) is 4.98 Å². The molecular weight excluding hydrogens is 177 g/mol. The summed E-state index contributed by atoms with van der Waals surface area (Å²) in [5, 5.41) is 0. The molecule has 12 heavy (non-hydrogen) atoms. The van der Waals surface area contributed by atoms with Crippen molar-refractivity contribution in [3.8, 4) is 6.01 Å². The van der Waals surface area contributed by atoms with Gasteiger partial charge >= 0.3 is 12.4 Å².